The van der Waals surface area contributed by atoms with E-state index in [1.165, 1.54) is 7.11 Å². The molecule has 1 N–H and O–H groups in total. The molecule has 0 aliphatic heterocycles. The highest BCUT2D eigenvalue weighted by Gasteiger charge is 2.19. The number of hydrogen-bond acceptors (Lipinski definition) is 8. The lowest BCUT2D eigenvalue weighted by molar-refractivity contribution is 0.102. The highest BCUT2D eigenvalue weighted by Crippen LogP contribution is 2.25. The molecule has 30 heavy (non-hydrogen) atoms. The lowest BCUT2D eigenvalue weighted by Gasteiger charge is -2.06. The van der Waals surface area contributed by atoms with Crippen LogP contribution < -0.4 is 14.8 Å². The number of ether oxygens (including phenoxy) is 2. The minimum absolute atomic E-state index is 0.325. The number of nitrogens with one attached hydrogen (secondary N) is 1. The van der Waals surface area contributed by atoms with Gasteiger partial charge in [0.2, 0.25) is 5.13 Å². The van der Waals surface area contributed by atoms with Gasteiger partial charge in [-0.15, -0.1) is 5.10 Å². The number of methoxy groups -OCH3 is 2. The molecule has 152 valence electrons. The predicted octanol–water partition coefficient (Wildman–Crippen LogP) is 3.36. The van der Waals surface area contributed by atoms with Gasteiger partial charge in [-0.3, -0.25) is 10.1 Å². The average molecular weight is 422 g/mol. The standard InChI is InChI=1S/C20H18N6O3S/c1-12-17(23-25-26(12)13-8-10-14(28-2)11-9-13)18-21-20(30-24-18)22-19(27)15-6-4-5-7-16(15)29-3/h4-11H,1-3H3,(H,21,22,24,27). The van der Waals surface area contributed by atoms with E-state index >= 15 is 0 Å². The van der Waals surface area contributed by atoms with Gasteiger partial charge in [0, 0.05) is 11.5 Å². The van der Waals surface area contributed by atoms with Crippen molar-refractivity contribution in [3.63, 3.8) is 0 Å². The summed E-state index contributed by atoms with van der Waals surface area (Å²) in [6.07, 6.45) is 0. The highest BCUT2D eigenvalue weighted by atomic mass is 32.1. The van der Waals surface area contributed by atoms with E-state index in [1.54, 1.807) is 36.1 Å². The minimum atomic E-state index is -0.325. The van der Waals surface area contributed by atoms with Crippen molar-refractivity contribution in [1.29, 1.82) is 0 Å². The zero-order chi connectivity index (χ0) is 21.1. The van der Waals surface area contributed by atoms with Crippen molar-refractivity contribution in [1.82, 2.24) is 24.4 Å². The molecule has 0 aliphatic carbocycles. The SMILES string of the molecule is COc1ccc(-n2nnc(-c3nsc(NC(=O)c4ccccc4OC)n3)c2C)cc1. The quantitative estimate of drug-likeness (QED) is 0.508. The monoisotopic (exact) mass is 422 g/mol. The fraction of sp³-hybridized carbons (Fsp3) is 0.150. The van der Waals surface area contributed by atoms with E-state index in [4.69, 9.17) is 9.47 Å². The summed E-state index contributed by atoms with van der Waals surface area (Å²) in [7, 11) is 3.13. The Balaban J connectivity index is 1.55. The summed E-state index contributed by atoms with van der Waals surface area (Å²) >= 11 is 1.07. The number of hydrogen-bond donors (Lipinski definition) is 1. The molecule has 1 amide bonds. The number of carbonyl (C=O) groups excluding carboxylic acids is 1. The lowest BCUT2D eigenvalue weighted by atomic mass is 10.2. The van der Waals surface area contributed by atoms with Crippen LogP contribution in [0.2, 0.25) is 0 Å². The molecular formula is C20H18N6O3S. The third-order valence-corrected chi connectivity index (χ3v) is 5.05. The van der Waals surface area contributed by atoms with Gasteiger partial charge >= 0.3 is 0 Å². The molecule has 0 aliphatic rings. The predicted molar refractivity (Wildman–Crippen MR) is 112 cm³/mol. The topological polar surface area (TPSA) is 104 Å². The van der Waals surface area contributed by atoms with E-state index in [-0.39, 0.29) is 5.91 Å². The zero-order valence-electron chi connectivity index (χ0n) is 16.5. The Bertz CT molecular complexity index is 1190. The zero-order valence-corrected chi connectivity index (χ0v) is 17.3. The summed E-state index contributed by atoms with van der Waals surface area (Å²) < 4.78 is 16.4. The van der Waals surface area contributed by atoms with Crippen molar-refractivity contribution >= 4 is 22.6 Å². The summed E-state index contributed by atoms with van der Waals surface area (Å²) in [4.78, 5) is 16.9. The second-order valence-electron chi connectivity index (χ2n) is 6.21. The van der Waals surface area contributed by atoms with Crippen molar-refractivity contribution in [2.75, 3.05) is 19.5 Å². The van der Waals surface area contributed by atoms with Gasteiger partial charge in [0.15, 0.2) is 11.5 Å². The molecule has 0 saturated carbocycles. The van der Waals surface area contributed by atoms with Crippen LogP contribution in [0.3, 0.4) is 0 Å². The molecule has 0 spiro atoms. The maximum atomic E-state index is 12.6. The van der Waals surface area contributed by atoms with Crippen LogP contribution in [0.15, 0.2) is 48.5 Å². The first kappa shape index (κ1) is 19.5. The van der Waals surface area contributed by atoms with Gasteiger partial charge in [0.05, 0.1) is 31.2 Å². The summed E-state index contributed by atoms with van der Waals surface area (Å²) in [5.41, 5.74) is 2.57. The Morgan fingerprint density at radius 3 is 2.57 bits per heavy atom. The number of nitrogens with zero attached hydrogens (tertiary/aromatic N) is 5. The van der Waals surface area contributed by atoms with Gasteiger partial charge in [-0.2, -0.15) is 9.36 Å². The Hall–Kier alpha value is -3.79. The first-order valence-corrected chi connectivity index (χ1v) is 9.73. The summed E-state index contributed by atoms with van der Waals surface area (Å²) in [6, 6.07) is 14.4. The van der Waals surface area contributed by atoms with Gasteiger partial charge in [-0.1, -0.05) is 17.3 Å². The smallest absolute Gasteiger partial charge is 0.261 e. The fourth-order valence-electron chi connectivity index (χ4n) is 2.87. The van der Waals surface area contributed by atoms with Crippen LogP contribution in [0.5, 0.6) is 11.5 Å². The van der Waals surface area contributed by atoms with Gasteiger partial charge in [0.1, 0.15) is 11.5 Å². The van der Waals surface area contributed by atoms with Crippen LogP contribution in [0, 0.1) is 6.92 Å². The number of aromatic nitrogens is 5. The van der Waals surface area contributed by atoms with E-state index in [0.29, 0.717) is 28.0 Å². The first-order chi connectivity index (χ1) is 14.6. The number of anilines is 1. The highest BCUT2D eigenvalue weighted by molar-refractivity contribution is 7.10. The molecule has 0 saturated heterocycles. The third-order valence-electron chi connectivity index (χ3n) is 4.42. The molecule has 0 bridgehead atoms. The van der Waals surface area contributed by atoms with Crippen molar-refractivity contribution < 1.29 is 14.3 Å². The van der Waals surface area contributed by atoms with Gasteiger partial charge in [0.25, 0.3) is 5.91 Å². The number of para-hydroxylation sites is 1. The fourth-order valence-corrected chi connectivity index (χ4v) is 3.44. The molecule has 2 aromatic carbocycles. The molecule has 10 heteroatoms. The Morgan fingerprint density at radius 1 is 1.07 bits per heavy atom. The number of benzene rings is 2. The third kappa shape index (κ3) is 3.72. The van der Waals surface area contributed by atoms with Crippen LogP contribution in [-0.4, -0.2) is 44.5 Å². The molecule has 4 aromatic rings. The largest absolute Gasteiger partial charge is 0.497 e. The summed E-state index contributed by atoms with van der Waals surface area (Å²) in [5, 5.41) is 11.5. The number of amides is 1. The van der Waals surface area contributed by atoms with E-state index in [0.717, 1.165) is 28.7 Å². The molecule has 0 radical (unpaired) electrons. The minimum Gasteiger partial charge on any atom is -0.497 e. The van der Waals surface area contributed by atoms with Crippen molar-refractivity contribution in [3.8, 4) is 28.7 Å². The number of carbonyl (C=O) groups is 1. The van der Waals surface area contributed by atoms with E-state index in [1.807, 2.05) is 31.2 Å². The van der Waals surface area contributed by atoms with E-state index < -0.39 is 0 Å². The van der Waals surface area contributed by atoms with Crippen molar-refractivity contribution in [3.05, 3.63) is 59.8 Å². The van der Waals surface area contributed by atoms with Crippen LogP contribution >= 0.6 is 11.5 Å². The summed E-state index contributed by atoms with van der Waals surface area (Å²) in [6.45, 7) is 1.88. The Morgan fingerprint density at radius 2 is 1.83 bits per heavy atom. The van der Waals surface area contributed by atoms with E-state index in [9.17, 15) is 4.79 Å². The van der Waals surface area contributed by atoms with Crippen molar-refractivity contribution in [2.45, 2.75) is 6.92 Å². The average Bonchev–Trinajstić information content (AvgIpc) is 3.40. The molecule has 2 heterocycles. The maximum absolute atomic E-state index is 12.6. The van der Waals surface area contributed by atoms with Crippen LogP contribution in [0.1, 0.15) is 16.1 Å². The van der Waals surface area contributed by atoms with Gasteiger partial charge in [-0.25, -0.2) is 4.68 Å². The van der Waals surface area contributed by atoms with E-state index in [2.05, 4.69) is 25.0 Å². The van der Waals surface area contributed by atoms with Gasteiger partial charge in [-0.05, 0) is 43.3 Å². The second-order valence-corrected chi connectivity index (χ2v) is 6.96. The molecule has 0 atom stereocenters. The van der Waals surface area contributed by atoms with Gasteiger partial charge < -0.3 is 9.47 Å². The molecule has 2 aromatic heterocycles. The normalized spacial score (nSPS) is 10.6. The second kappa shape index (κ2) is 8.29. The molecule has 0 unspecified atom stereocenters. The maximum Gasteiger partial charge on any atom is 0.261 e. The molecular weight excluding hydrogens is 404 g/mol. The van der Waals surface area contributed by atoms with Crippen LogP contribution in [0.25, 0.3) is 17.2 Å². The number of rotatable bonds is 6. The van der Waals surface area contributed by atoms with Crippen LogP contribution in [-0.2, 0) is 0 Å². The van der Waals surface area contributed by atoms with Crippen molar-refractivity contribution in [2.24, 2.45) is 0 Å². The lowest BCUT2D eigenvalue weighted by Crippen LogP contribution is -2.12. The molecule has 0 fully saturated rings. The van der Waals surface area contributed by atoms with Crippen LogP contribution in [0.4, 0.5) is 5.13 Å². The molecule has 9 nitrogen and oxygen atoms in total. The first-order valence-electron chi connectivity index (χ1n) is 8.96. The molecule has 4 rings (SSSR count). The summed E-state index contributed by atoms with van der Waals surface area (Å²) in [5.74, 6) is 1.31. The Labute approximate surface area is 176 Å². The Kier molecular flexibility index (Phi) is 5.40.